The molecular weight excluding hydrogens is 266 g/mol. The fourth-order valence-electron chi connectivity index (χ4n) is 2.46. The molecule has 0 radical (unpaired) electrons. The molecule has 1 aromatic heterocycles. The minimum absolute atomic E-state index is 0.222. The Balaban J connectivity index is 2.38. The molecule has 0 saturated heterocycles. The SMILES string of the molecule is CC[C@@H]([C@@H](C)O)n1ncn(-c2ccc(C(C)C)cc2)c1=O. The molecule has 1 N–H and O–H groups in total. The van der Waals surface area contributed by atoms with Crippen molar-refractivity contribution in [3.8, 4) is 5.69 Å². The van der Waals surface area contributed by atoms with Crippen LogP contribution < -0.4 is 5.69 Å². The second-order valence-corrected chi connectivity index (χ2v) is 5.69. The predicted octanol–water partition coefficient (Wildman–Crippen LogP) is 2.49. The quantitative estimate of drug-likeness (QED) is 0.920. The summed E-state index contributed by atoms with van der Waals surface area (Å²) in [5.74, 6) is 0.457. The fourth-order valence-corrected chi connectivity index (χ4v) is 2.46. The van der Waals surface area contributed by atoms with E-state index in [0.717, 1.165) is 5.69 Å². The van der Waals surface area contributed by atoms with Gasteiger partial charge in [0.1, 0.15) is 6.33 Å². The summed E-state index contributed by atoms with van der Waals surface area (Å²) in [7, 11) is 0. The summed E-state index contributed by atoms with van der Waals surface area (Å²) in [6.07, 6.45) is 1.55. The largest absolute Gasteiger partial charge is 0.391 e. The molecule has 0 saturated carbocycles. The van der Waals surface area contributed by atoms with Crippen molar-refractivity contribution >= 4 is 0 Å². The van der Waals surface area contributed by atoms with Gasteiger partial charge in [-0.3, -0.25) is 0 Å². The zero-order valence-electron chi connectivity index (χ0n) is 13.0. The topological polar surface area (TPSA) is 60.0 Å². The molecule has 0 aliphatic heterocycles. The first-order valence-electron chi connectivity index (χ1n) is 7.40. The standard InChI is InChI=1S/C16H23N3O2/c1-5-15(12(4)20)19-16(21)18(10-17-19)14-8-6-13(7-9-14)11(2)3/h6-12,15,20H,5H2,1-4H3/t12-,15+/m1/s1. The molecule has 0 aliphatic carbocycles. The van der Waals surface area contributed by atoms with Crippen LogP contribution >= 0.6 is 0 Å². The van der Waals surface area contributed by atoms with E-state index in [1.54, 1.807) is 6.92 Å². The number of aliphatic hydroxyl groups excluding tert-OH is 1. The smallest absolute Gasteiger partial charge is 0.350 e. The Hall–Kier alpha value is -1.88. The van der Waals surface area contributed by atoms with E-state index in [-0.39, 0.29) is 11.7 Å². The number of benzene rings is 1. The fraction of sp³-hybridized carbons (Fsp3) is 0.500. The molecule has 5 nitrogen and oxygen atoms in total. The number of hydrogen-bond acceptors (Lipinski definition) is 3. The van der Waals surface area contributed by atoms with Gasteiger partial charge in [0.25, 0.3) is 0 Å². The second-order valence-electron chi connectivity index (χ2n) is 5.69. The van der Waals surface area contributed by atoms with E-state index in [2.05, 4.69) is 18.9 Å². The molecule has 0 unspecified atom stereocenters. The number of rotatable bonds is 5. The number of aliphatic hydroxyl groups is 1. The summed E-state index contributed by atoms with van der Waals surface area (Å²) in [5, 5.41) is 13.9. The summed E-state index contributed by atoms with van der Waals surface area (Å²) in [4.78, 5) is 12.4. The molecule has 2 rings (SSSR count). The van der Waals surface area contributed by atoms with Crippen molar-refractivity contribution < 1.29 is 5.11 Å². The Morgan fingerprint density at radius 2 is 1.81 bits per heavy atom. The van der Waals surface area contributed by atoms with Gasteiger partial charge in [-0.05, 0) is 37.0 Å². The highest BCUT2D eigenvalue weighted by Gasteiger charge is 2.19. The normalized spacial score (nSPS) is 14.4. The van der Waals surface area contributed by atoms with Crippen LogP contribution in [0.25, 0.3) is 5.69 Å². The molecule has 0 amide bonds. The molecule has 0 aliphatic rings. The number of nitrogens with zero attached hydrogens (tertiary/aromatic N) is 3. The predicted molar refractivity (Wildman–Crippen MR) is 82.9 cm³/mol. The second kappa shape index (κ2) is 6.26. The summed E-state index contributed by atoms with van der Waals surface area (Å²) in [6, 6.07) is 7.60. The van der Waals surface area contributed by atoms with Crippen LogP contribution in [0.4, 0.5) is 0 Å². The number of hydrogen-bond donors (Lipinski definition) is 1. The molecule has 1 heterocycles. The highest BCUT2D eigenvalue weighted by atomic mass is 16.3. The minimum atomic E-state index is -0.612. The Bertz CT molecular complexity index is 638. The van der Waals surface area contributed by atoms with Gasteiger partial charge in [0, 0.05) is 0 Å². The first kappa shape index (κ1) is 15.5. The lowest BCUT2D eigenvalue weighted by Crippen LogP contribution is -2.32. The first-order valence-corrected chi connectivity index (χ1v) is 7.40. The van der Waals surface area contributed by atoms with Crippen LogP contribution in [0.3, 0.4) is 0 Å². The molecule has 2 aromatic rings. The summed E-state index contributed by atoms with van der Waals surface area (Å²) < 4.78 is 2.87. The van der Waals surface area contributed by atoms with Gasteiger partial charge >= 0.3 is 5.69 Å². The van der Waals surface area contributed by atoms with Gasteiger partial charge in [0.2, 0.25) is 0 Å². The van der Waals surface area contributed by atoms with E-state index in [0.29, 0.717) is 12.3 Å². The Kier molecular flexibility index (Phi) is 4.63. The summed E-state index contributed by atoms with van der Waals surface area (Å²) in [6.45, 7) is 7.87. The molecule has 114 valence electrons. The van der Waals surface area contributed by atoms with Crippen LogP contribution in [0.15, 0.2) is 35.4 Å². The van der Waals surface area contributed by atoms with E-state index < -0.39 is 6.10 Å². The molecule has 0 bridgehead atoms. The van der Waals surface area contributed by atoms with Crippen LogP contribution in [0.1, 0.15) is 51.6 Å². The van der Waals surface area contributed by atoms with Crippen molar-refractivity contribution in [2.24, 2.45) is 0 Å². The van der Waals surface area contributed by atoms with E-state index in [1.807, 2.05) is 31.2 Å². The third-order valence-corrected chi connectivity index (χ3v) is 3.82. The van der Waals surface area contributed by atoms with Gasteiger partial charge in [-0.15, -0.1) is 0 Å². The zero-order valence-corrected chi connectivity index (χ0v) is 13.0. The maximum atomic E-state index is 12.4. The average molecular weight is 289 g/mol. The molecular formula is C16H23N3O2. The van der Waals surface area contributed by atoms with Crippen molar-refractivity contribution in [2.45, 2.75) is 52.2 Å². The lowest BCUT2D eigenvalue weighted by molar-refractivity contribution is 0.118. The zero-order chi connectivity index (χ0) is 15.6. The molecule has 5 heteroatoms. The van der Waals surface area contributed by atoms with Crippen molar-refractivity contribution in [1.82, 2.24) is 14.3 Å². The monoisotopic (exact) mass is 289 g/mol. The third-order valence-electron chi connectivity index (χ3n) is 3.82. The Labute approximate surface area is 124 Å². The average Bonchev–Trinajstić information content (AvgIpc) is 2.81. The van der Waals surface area contributed by atoms with E-state index in [1.165, 1.54) is 21.1 Å². The van der Waals surface area contributed by atoms with Gasteiger partial charge in [0.15, 0.2) is 0 Å². The lowest BCUT2D eigenvalue weighted by Gasteiger charge is -2.16. The van der Waals surface area contributed by atoms with Crippen LogP contribution in [0, 0.1) is 0 Å². The van der Waals surface area contributed by atoms with Crippen molar-refractivity contribution in [2.75, 3.05) is 0 Å². The minimum Gasteiger partial charge on any atom is -0.391 e. The van der Waals surface area contributed by atoms with Crippen LogP contribution in [-0.4, -0.2) is 25.6 Å². The van der Waals surface area contributed by atoms with Crippen LogP contribution in [0.2, 0.25) is 0 Å². The number of aromatic nitrogens is 3. The summed E-state index contributed by atoms with van der Waals surface area (Å²) >= 11 is 0. The van der Waals surface area contributed by atoms with Gasteiger partial charge in [-0.1, -0.05) is 32.9 Å². The Morgan fingerprint density at radius 3 is 2.29 bits per heavy atom. The van der Waals surface area contributed by atoms with E-state index in [9.17, 15) is 9.90 Å². The molecule has 0 fully saturated rings. The first-order chi connectivity index (χ1) is 9.95. The highest BCUT2D eigenvalue weighted by molar-refractivity contribution is 5.35. The van der Waals surface area contributed by atoms with Gasteiger partial charge in [-0.2, -0.15) is 5.10 Å². The van der Waals surface area contributed by atoms with Gasteiger partial charge in [-0.25, -0.2) is 14.0 Å². The van der Waals surface area contributed by atoms with E-state index >= 15 is 0 Å². The lowest BCUT2D eigenvalue weighted by atomic mass is 10.0. The molecule has 21 heavy (non-hydrogen) atoms. The van der Waals surface area contributed by atoms with Crippen LogP contribution in [-0.2, 0) is 0 Å². The third kappa shape index (κ3) is 3.08. The maximum absolute atomic E-state index is 12.4. The molecule has 0 spiro atoms. The summed E-state index contributed by atoms with van der Waals surface area (Å²) in [5.41, 5.74) is 1.80. The maximum Gasteiger partial charge on any atom is 0.350 e. The highest BCUT2D eigenvalue weighted by Crippen LogP contribution is 2.17. The van der Waals surface area contributed by atoms with E-state index in [4.69, 9.17) is 0 Å². The van der Waals surface area contributed by atoms with Gasteiger partial charge in [0.05, 0.1) is 17.8 Å². The molecule has 1 aromatic carbocycles. The van der Waals surface area contributed by atoms with Gasteiger partial charge < -0.3 is 5.11 Å². The Morgan fingerprint density at radius 1 is 1.19 bits per heavy atom. The molecule has 2 atom stereocenters. The van der Waals surface area contributed by atoms with Crippen LogP contribution in [0.5, 0.6) is 0 Å². The van der Waals surface area contributed by atoms with Crippen molar-refractivity contribution in [3.63, 3.8) is 0 Å². The van der Waals surface area contributed by atoms with Crippen molar-refractivity contribution in [3.05, 3.63) is 46.6 Å². The van der Waals surface area contributed by atoms with Crippen molar-refractivity contribution in [1.29, 1.82) is 0 Å².